The Bertz CT molecular complexity index is 271. The molecule has 1 rings (SSSR count). The normalized spacial score (nSPS) is 12.8. The van der Waals surface area contributed by atoms with Crippen LogP contribution in [0.15, 0.2) is 24.3 Å². The van der Waals surface area contributed by atoms with E-state index < -0.39 is 0 Å². The summed E-state index contributed by atoms with van der Waals surface area (Å²) < 4.78 is 5.04. The van der Waals surface area contributed by atoms with E-state index in [4.69, 9.17) is 10.5 Å². The first-order chi connectivity index (χ1) is 6.72. The first-order valence-electron chi connectivity index (χ1n) is 5.04. The van der Waals surface area contributed by atoms with Crippen molar-refractivity contribution in [3.63, 3.8) is 0 Å². The summed E-state index contributed by atoms with van der Waals surface area (Å²) in [6.45, 7) is 2.81. The molecule has 78 valence electrons. The molecule has 0 aliphatic carbocycles. The van der Waals surface area contributed by atoms with E-state index in [9.17, 15) is 0 Å². The highest BCUT2D eigenvalue weighted by atomic mass is 16.5. The van der Waals surface area contributed by atoms with Crippen molar-refractivity contribution in [2.75, 3.05) is 13.7 Å². The zero-order valence-electron chi connectivity index (χ0n) is 8.99. The monoisotopic (exact) mass is 193 g/mol. The topological polar surface area (TPSA) is 35.2 Å². The van der Waals surface area contributed by atoms with Crippen molar-refractivity contribution in [2.45, 2.75) is 25.8 Å². The second kappa shape index (κ2) is 5.78. The van der Waals surface area contributed by atoms with Gasteiger partial charge in [-0.2, -0.15) is 0 Å². The van der Waals surface area contributed by atoms with E-state index >= 15 is 0 Å². The molecule has 0 bridgehead atoms. The molecular formula is C12H19NO. The van der Waals surface area contributed by atoms with Gasteiger partial charge in [0.1, 0.15) is 0 Å². The minimum Gasteiger partial charge on any atom is -0.384 e. The highest BCUT2D eigenvalue weighted by Crippen LogP contribution is 2.07. The number of methoxy groups -OCH3 is 1. The van der Waals surface area contributed by atoms with Crippen molar-refractivity contribution in [1.29, 1.82) is 0 Å². The van der Waals surface area contributed by atoms with Crippen LogP contribution in [0, 0.1) is 0 Å². The van der Waals surface area contributed by atoms with E-state index in [2.05, 4.69) is 24.3 Å². The molecule has 0 fully saturated rings. The Morgan fingerprint density at radius 2 is 2.07 bits per heavy atom. The summed E-state index contributed by atoms with van der Waals surface area (Å²) in [5.41, 5.74) is 8.39. The van der Waals surface area contributed by atoms with Crippen LogP contribution in [-0.2, 0) is 17.6 Å². The third-order valence-corrected chi connectivity index (χ3v) is 2.14. The van der Waals surface area contributed by atoms with Gasteiger partial charge in [0.15, 0.2) is 0 Å². The van der Waals surface area contributed by atoms with Gasteiger partial charge >= 0.3 is 0 Å². The van der Waals surface area contributed by atoms with Crippen LogP contribution in [0.4, 0.5) is 0 Å². The van der Waals surface area contributed by atoms with Gasteiger partial charge in [0.25, 0.3) is 0 Å². The third kappa shape index (κ3) is 3.90. The standard InChI is InChI=1S/C12H19NO/c1-10(13)8-12-5-3-4-11(9-12)6-7-14-2/h3-5,9-10H,6-8,13H2,1-2H3. The Morgan fingerprint density at radius 1 is 1.36 bits per heavy atom. The molecule has 0 spiro atoms. The lowest BCUT2D eigenvalue weighted by Gasteiger charge is -2.07. The maximum atomic E-state index is 5.75. The fraction of sp³-hybridized carbons (Fsp3) is 0.500. The molecule has 0 aliphatic heterocycles. The van der Waals surface area contributed by atoms with Gasteiger partial charge < -0.3 is 10.5 Å². The van der Waals surface area contributed by atoms with Gasteiger partial charge in [-0.1, -0.05) is 24.3 Å². The molecule has 14 heavy (non-hydrogen) atoms. The Labute approximate surface area is 86.1 Å². The highest BCUT2D eigenvalue weighted by Gasteiger charge is 1.99. The maximum absolute atomic E-state index is 5.75. The van der Waals surface area contributed by atoms with Crippen LogP contribution >= 0.6 is 0 Å². The fourth-order valence-corrected chi connectivity index (χ4v) is 1.50. The number of hydrogen-bond donors (Lipinski definition) is 1. The van der Waals surface area contributed by atoms with E-state index in [1.165, 1.54) is 11.1 Å². The van der Waals surface area contributed by atoms with Gasteiger partial charge in [-0.15, -0.1) is 0 Å². The largest absolute Gasteiger partial charge is 0.384 e. The zero-order valence-corrected chi connectivity index (χ0v) is 8.99. The number of ether oxygens (including phenoxy) is 1. The Kier molecular flexibility index (Phi) is 4.63. The minimum atomic E-state index is 0.229. The molecule has 0 amide bonds. The van der Waals surface area contributed by atoms with Gasteiger partial charge in [-0.3, -0.25) is 0 Å². The molecule has 2 nitrogen and oxygen atoms in total. The summed E-state index contributed by atoms with van der Waals surface area (Å²) in [5.74, 6) is 0. The maximum Gasteiger partial charge on any atom is 0.0502 e. The minimum absolute atomic E-state index is 0.229. The lowest BCUT2D eigenvalue weighted by atomic mass is 10.0. The van der Waals surface area contributed by atoms with Crippen LogP contribution in [0.1, 0.15) is 18.1 Å². The molecule has 0 heterocycles. The number of nitrogens with two attached hydrogens (primary N) is 1. The predicted octanol–water partition coefficient (Wildman–Crippen LogP) is 1.77. The predicted molar refractivity (Wildman–Crippen MR) is 59.4 cm³/mol. The molecule has 1 atom stereocenters. The summed E-state index contributed by atoms with van der Waals surface area (Å²) in [6, 6.07) is 8.78. The molecule has 1 unspecified atom stereocenters. The van der Waals surface area contributed by atoms with Crippen LogP contribution in [-0.4, -0.2) is 19.8 Å². The first-order valence-corrected chi connectivity index (χ1v) is 5.04. The van der Waals surface area contributed by atoms with Crippen molar-refractivity contribution in [3.8, 4) is 0 Å². The fourth-order valence-electron chi connectivity index (χ4n) is 1.50. The van der Waals surface area contributed by atoms with Crippen LogP contribution < -0.4 is 5.73 Å². The molecule has 2 N–H and O–H groups in total. The van der Waals surface area contributed by atoms with E-state index in [0.717, 1.165) is 19.4 Å². The molecule has 1 aromatic carbocycles. The molecule has 2 heteroatoms. The SMILES string of the molecule is COCCc1cccc(CC(C)N)c1. The van der Waals surface area contributed by atoms with Crippen LogP contribution in [0.3, 0.4) is 0 Å². The van der Waals surface area contributed by atoms with E-state index in [1.807, 2.05) is 6.92 Å². The quantitative estimate of drug-likeness (QED) is 0.773. The lowest BCUT2D eigenvalue weighted by Crippen LogP contribution is -2.17. The smallest absolute Gasteiger partial charge is 0.0502 e. The summed E-state index contributed by atoms with van der Waals surface area (Å²) in [7, 11) is 1.73. The lowest BCUT2D eigenvalue weighted by molar-refractivity contribution is 0.202. The summed E-state index contributed by atoms with van der Waals surface area (Å²) in [4.78, 5) is 0. The van der Waals surface area contributed by atoms with E-state index in [-0.39, 0.29) is 6.04 Å². The molecule has 1 aromatic rings. The summed E-state index contributed by atoms with van der Waals surface area (Å²) in [6.07, 6.45) is 1.92. The summed E-state index contributed by atoms with van der Waals surface area (Å²) in [5, 5.41) is 0. The van der Waals surface area contributed by atoms with Gasteiger partial charge in [0.05, 0.1) is 6.61 Å². The number of benzene rings is 1. The second-order valence-corrected chi connectivity index (χ2v) is 3.74. The second-order valence-electron chi connectivity index (χ2n) is 3.74. The molecule has 0 saturated carbocycles. The summed E-state index contributed by atoms with van der Waals surface area (Å²) >= 11 is 0. The van der Waals surface area contributed by atoms with Crippen LogP contribution in [0.25, 0.3) is 0 Å². The molecule has 0 radical (unpaired) electrons. The van der Waals surface area contributed by atoms with Crippen molar-refractivity contribution >= 4 is 0 Å². The Hall–Kier alpha value is -0.860. The van der Waals surface area contributed by atoms with Gasteiger partial charge in [-0.05, 0) is 30.9 Å². The van der Waals surface area contributed by atoms with Gasteiger partial charge in [0, 0.05) is 13.2 Å². The van der Waals surface area contributed by atoms with Crippen molar-refractivity contribution in [1.82, 2.24) is 0 Å². The number of rotatable bonds is 5. The average Bonchev–Trinajstić information content (AvgIpc) is 2.14. The average molecular weight is 193 g/mol. The molecular weight excluding hydrogens is 174 g/mol. The first kappa shape index (κ1) is 11.2. The van der Waals surface area contributed by atoms with Crippen LogP contribution in [0.2, 0.25) is 0 Å². The zero-order chi connectivity index (χ0) is 10.4. The molecule has 0 aliphatic rings. The van der Waals surface area contributed by atoms with Gasteiger partial charge in [0.2, 0.25) is 0 Å². The Balaban J connectivity index is 2.59. The van der Waals surface area contributed by atoms with E-state index in [0.29, 0.717) is 0 Å². The van der Waals surface area contributed by atoms with E-state index in [1.54, 1.807) is 7.11 Å². The molecule has 0 saturated heterocycles. The van der Waals surface area contributed by atoms with Crippen molar-refractivity contribution in [2.24, 2.45) is 5.73 Å². The van der Waals surface area contributed by atoms with Gasteiger partial charge in [-0.25, -0.2) is 0 Å². The number of hydrogen-bond acceptors (Lipinski definition) is 2. The van der Waals surface area contributed by atoms with Crippen molar-refractivity contribution < 1.29 is 4.74 Å². The highest BCUT2D eigenvalue weighted by molar-refractivity contribution is 5.24. The Morgan fingerprint density at radius 3 is 2.71 bits per heavy atom. The van der Waals surface area contributed by atoms with Crippen molar-refractivity contribution in [3.05, 3.63) is 35.4 Å². The van der Waals surface area contributed by atoms with Crippen LogP contribution in [0.5, 0.6) is 0 Å². The third-order valence-electron chi connectivity index (χ3n) is 2.14. The molecule has 0 aromatic heterocycles.